The number of carbonyl (C=O) groups is 1. The van der Waals surface area contributed by atoms with Gasteiger partial charge in [0.15, 0.2) is 5.82 Å². The van der Waals surface area contributed by atoms with E-state index in [4.69, 9.17) is 13.9 Å². The monoisotopic (exact) mass is 428 g/mol. The van der Waals surface area contributed by atoms with Crippen LogP contribution in [0.25, 0.3) is 17.0 Å². The Labute approximate surface area is 176 Å². The SMILES string of the molecule is C=C(C)c1ccc(-c2nc(N(c3ccc(C(=O)OC)cc3OC)S(=O)O)co2)cc1. The van der Waals surface area contributed by atoms with Crippen molar-refractivity contribution in [2.75, 3.05) is 18.5 Å². The van der Waals surface area contributed by atoms with E-state index < -0.39 is 17.2 Å². The molecule has 0 fully saturated rings. The molecule has 0 saturated carbocycles. The number of methoxy groups -OCH3 is 2. The molecule has 3 rings (SSSR count). The Bertz CT molecular complexity index is 1110. The molecule has 0 radical (unpaired) electrons. The summed E-state index contributed by atoms with van der Waals surface area (Å²) in [6.07, 6.45) is 1.27. The largest absolute Gasteiger partial charge is 0.495 e. The van der Waals surface area contributed by atoms with E-state index >= 15 is 0 Å². The van der Waals surface area contributed by atoms with E-state index in [-0.39, 0.29) is 28.7 Å². The highest BCUT2D eigenvalue weighted by atomic mass is 32.2. The van der Waals surface area contributed by atoms with Crippen LogP contribution in [0.3, 0.4) is 0 Å². The minimum atomic E-state index is -2.49. The average molecular weight is 428 g/mol. The molecule has 1 atom stereocenters. The van der Waals surface area contributed by atoms with Gasteiger partial charge < -0.3 is 13.9 Å². The third-order valence-corrected chi connectivity index (χ3v) is 5.00. The fourth-order valence-corrected chi connectivity index (χ4v) is 3.33. The van der Waals surface area contributed by atoms with Crippen LogP contribution < -0.4 is 9.04 Å². The summed E-state index contributed by atoms with van der Waals surface area (Å²) in [5.74, 6) is 0.00639. The quantitative estimate of drug-likeness (QED) is 0.438. The van der Waals surface area contributed by atoms with Gasteiger partial charge in [-0.15, -0.1) is 0 Å². The zero-order valence-electron chi connectivity index (χ0n) is 16.6. The number of aromatic nitrogens is 1. The zero-order chi connectivity index (χ0) is 21.8. The fourth-order valence-electron chi connectivity index (χ4n) is 2.77. The van der Waals surface area contributed by atoms with Crippen molar-refractivity contribution in [1.82, 2.24) is 4.98 Å². The first kappa shape index (κ1) is 21.3. The minimum absolute atomic E-state index is 0.0962. The molecule has 0 aliphatic carbocycles. The van der Waals surface area contributed by atoms with Gasteiger partial charge in [0.2, 0.25) is 5.89 Å². The molecule has 0 saturated heterocycles. The van der Waals surface area contributed by atoms with Crippen LogP contribution >= 0.6 is 0 Å². The van der Waals surface area contributed by atoms with Crippen LogP contribution in [0.15, 0.2) is 59.7 Å². The maximum absolute atomic E-state index is 12.1. The maximum atomic E-state index is 12.1. The Morgan fingerprint density at radius 1 is 1.17 bits per heavy atom. The summed E-state index contributed by atoms with van der Waals surface area (Å²) in [6.45, 7) is 5.81. The lowest BCUT2D eigenvalue weighted by molar-refractivity contribution is 0.0600. The summed E-state index contributed by atoms with van der Waals surface area (Å²) >= 11 is -2.49. The summed E-state index contributed by atoms with van der Waals surface area (Å²) in [5.41, 5.74) is 3.07. The van der Waals surface area contributed by atoms with E-state index in [2.05, 4.69) is 11.6 Å². The number of anilines is 2. The van der Waals surface area contributed by atoms with Crippen LogP contribution in [-0.2, 0) is 16.0 Å². The number of hydrogen-bond donors (Lipinski definition) is 1. The highest BCUT2D eigenvalue weighted by molar-refractivity contribution is 7.81. The number of benzene rings is 2. The van der Waals surface area contributed by atoms with Gasteiger partial charge in [-0.2, -0.15) is 4.98 Å². The molecule has 3 aromatic rings. The van der Waals surface area contributed by atoms with E-state index in [1.807, 2.05) is 31.2 Å². The van der Waals surface area contributed by atoms with Gasteiger partial charge >= 0.3 is 5.97 Å². The first-order valence-electron chi connectivity index (χ1n) is 8.75. The lowest BCUT2D eigenvalue weighted by Gasteiger charge is -2.19. The summed E-state index contributed by atoms with van der Waals surface area (Å²) < 4.78 is 38.5. The Morgan fingerprint density at radius 2 is 1.83 bits per heavy atom. The second kappa shape index (κ2) is 8.93. The average Bonchev–Trinajstić information content (AvgIpc) is 3.22. The third kappa shape index (κ3) is 4.27. The van der Waals surface area contributed by atoms with Crippen molar-refractivity contribution in [3.8, 4) is 17.2 Å². The molecule has 8 nitrogen and oxygen atoms in total. The van der Waals surface area contributed by atoms with Crippen molar-refractivity contribution < 1.29 is 27.4 Å². The van der Waals surface area contributed by atoms with Gasteiger partial charge in [-0.3, -0.25) is 4.55 Å². The molecule has 0 aliphatic rings. The maximum Gasteiger partial charge on any atom is 0.337 e. The van der Waals surface area contributed by atoms with Crippen molar-refractivity contribution in [1.29, 1.82) is 0 Å². The van der Waals surface area contributed by atoms with Gasteiger partial charge in [0.25, 0.3) is 11.3 Å². The van der Waals surface area contributed by atoms with Crippen molar-refractivity contribution >= 4 is 34.3 Å². The first-order valence-corrected chi connectivity index (χ1v) is 9.81. The zero-order valence-corrected chi connectivity index (χ0v) is 17.4. The van der Waals surface area contributed by atoms with Gasteiger partial charge in [-0.25, -0.2) is 13.3 Å². The van der Waals surface area contributed by atoms with Crippen LogP contribution in [0.4, 0.5) is 11.5 Å². The molecule has 1 aromatic heterocycles. The summed E-state index contributed by atoms with van der Waals surface area (Å²) in [4.78, 5) is 16.1. The standard InChI is InChI=1S/C21H20N2O6S/c1-13(2)14-5-7-15(8-6-14)20-22-19(12-29-20)23(30(25)26)17-10-9-16(21(24)28-4)11-18(17)27-3/h5-12H,1H2,2-4H3,(H,25,26). The lowest BCUT2D eigenvalue weighted by Crippen LogP contribution is -2.20. The molecule has 1 unspecified atom stereocenters. The number of esters is 1. The Kier molecular flexibility index (Phi) is 6.34. The molecule has 0 bridgehead atoms. The van der Waals surface area contributed by atoms with Crippen molar-refractivity contribution in [2.45, 2.75) is 6.92 Å². The van der Waals surface area contributed by atoms with E-state index in [0.29, 0.717) is 5.56 Å². The predicted molar refractivity (Wildman–Crippen MR) is 114 cm³/mol. The van der Waals surface area contributed by atoms with Crippen LogP contribution in [0.1, 0.15) is 22.8 Å². The third-order valence-electron chi connectivity index (χ3n) is 4.30. The van der Waals surface area contributed by atoms with Crippen molar-refractivity contribution in [3.05, 3.63) is 66.4 Å². The van der Waals surface area contributed by atoms with E-state index in [1.54, 1.807) is 0 Å². The molecule has 1 N–H and O–H groups in total. The van der Waals surface area contributed by atoms with E-state index in [1.165, 1.54) is 38.7 Å². The molecule has 156 valence electrons. The van der Waals surface area contributed by atoms with Crippen LogP contribution in [-0.4, -0.2) is 33.9 Å². The Hall–Kier alpha value is -3.43. The molecule has 0 aliphatic heterocycles. The number of ether oxygens (including phenoxy) is 2. The number of oxazole rings is 1. The van der Waals surface area contributed by atoms with Crippen LogP contribution in [0.5, 0.6) is 5.75 Å². The van der Waals surface area contributed by atoms with E-state index in [0.717, 1.165) is 15.4 Å². The van der Waals surface area contributed by atoms with Crippen LogP contribution in [0.2, 0.25) is 0 Å². The number of carbonyl (C=O) groups excluding carboxylic acids is 1. The topological polar surface area (TPSA) is 102 Å². The Balaban J connectivity index is 1.99. The van der Waals surface area contributed by atoms with E-state index in [9.17, 15) is 13.6 Å². The molecule has 30 heavy (non-hydrogen) atoms. The van der Waals surface area contributed by atoms with Gasteiger partial charge in [-0.1, -0.05) is 24.3 Å². The summed E-state index contributed by atoms with van der Waals surface area (Å²) in [7, 11) is 2.65. The molecule has 9 heteroatoms. The molecule has 1 heterocycles. The highest BCUT2D eigenvalue weighted by Gasteiger charge is 2.24. The smallest absolute Gasteiger partial charge is 0.337 e. The van der Waals surface area contributed by atoms with Crippen LogP contribution in [0, 0.1) is 0 Å². The van der Waals surface area contributed by atoms with Gasteiger partial charge in [0.1, 0.15) is 17.7 Å². The number of hydrogen-bond acceptors (Lipinski definition) is 6. The molecular formula is C21H20N2O6S. The number of nitrogens with zero attached hydrogens (tertiary/aromatic N) is 2. The van der Waals surface area contributed by atoms with Crippen molar-refractivity contribution in [3.63, 3.8) is 0 Å². The lowest BCUT2D eigenvalue weighted by atomic mass is 10.1. The fraction of sp³-hybridized carbons (Fsp3) is 0.143. The highest BCUT2D eigenvalue weighted by Crippen LogP contribution is 2.36. The summed E-state index contributed by atoms with van der Waals surface area (Å²) in [6, 6.07) is 11.8. The van der Waals surface area contributed by atoms with Gasteiger partial charge in [-0.05, 0) is 42.8 Å². The first-order chi connectivity index (χ1) is 14.3. The second-order valence-electron chi connectivity index (χ2n) is 6.27. The molecule has 0 spiro atoms. The molecule has 2 aromatic carbocycles. The number of rotatable bonds is 7. The normalized spacial score (nSPS) is 11.6. The summed E-state index contributed by atoms with van der Waals surface area (Å²) in [5, 5.41) is 0. The second-order valence-corrected chi connectivity index (χ2v) is 7.10. The van der Waals surface area contributed by atoms with Crippen molar-refractivity contribution in [2.24, 2.45) is 0 Å². The minimum Gasteiger partial charge on any atom is -0.495 e. The molecular weight excluding hydrogens is 408 g/mol. The Morgan fingerprint density at radius 3 is 2.40 bits per heavy atom. The van der Waals surface area contributed by atoms with Gasteiger partial charge in [0, 0.05) is 5.56 Å². The number of allylic oxidation sites excluding steroid dienone is 1. The van der Waals surface area contributed by atoms with Gasteiger partial charge in [0.05, 0.1) is 19.8 Å². The molecule has 0 amide bonds. The predicted octanol–water partition coefficient (Wildman–Crippen LogP) is 4.44.